The number of hydrogen-bond acceptors (Lipinski definition) is 4. The highest BCUT2D eigenvalue weighted by Crippen LogP contribution is 2.28. The lowest BCUT2D eigenvalue weighted by Gasteiger charge is -2.22. The fourth-order valence-electron chi connectivity index (χ4n) is 4.12. The minimum Gasteiger partial charge on any atom is -0.481 e. The number of alkyl carbamates (subject to hydrolysis) is 1. The van der Waals surface area contributed by atoms with Crippen molar-refractivity contribution < 1.29 is 23.8 Å². The van der Waals surface area contributed by atoms with Crippen LogP contribution in [0.5, 0.6) is 0 Å². The van der Waals surface area contributed by atoms with Crippen LogP contribution in [0.1, 0.15) is 78.9 Å². The van der Waals surface area contributed by atoms with Gasteiger partial charge in [-0.3, -0.25) is 10.1 Å². The number of aliphatic carboxylic acids is 1. The van der Waals surface area contributed by atoms with Crippen LogP contribution in [0.2, 0.25) is 0 Å². The maximum atomic E-state index is 13.9. The third-order valence-electron chi connectivity index (χ3n) is 6.71. The fraction of sp³-hybridized carbons (Fsp3) is 0.438. The van der Waals surface area contributed by atoms with Crippen molar-refractivity contribution >= 4 is 12.1 Å². The molecule has 0 aromatic heterocycles. The molecule has 39 heavy (non-hydrogen) atoms. The van der Waals surface area contributed by atoms with Gasteiger partial charge < -0.3 is 15.2 Å². The molecule has 6 nitrogen and oxygen atoms in total. The van der Waals surface area contributed by atoms with Gasteiger partial charge in [0.1, 0.15) is 11.9 Å². The van der Waals surface area contributed by atoms with Crippen molar-refractivity contribution in [3.8, 4) is 0 Å². The summed E-state index contributed by atoms with van der Waals surface area (Å²) in [4.78, 5) is 22.9. The molecule has 1 aromatic rings. The number of likely N-dealkylation sites (N-methyl/N-ethyl adjacent to an activating group) is 1. The molecule has 0 bridgehead atoms. The quantitative estimate of drug-likeness (QED) is 0.276. The predicted molar refractivity (Wildman–Crippen MR) is 156 cm³/mol. The number of rotatable bonds is 9. The van der Waals surface area contributed by atoms with Gasteiger partial charge in [0.25, 0.3) is 0 Å². The Morgan fingerprint density at radius 1 is 1.10 bits per heavy atom. The van der Waals surface area contributed by atoms with Crippen LogP contribution in [0.25, 0.3) is 0 Å². The van der Waals surface area contributed by atoms with Gasteiger partial charge in [-0.05, 0) is 70.6 Å². The van der Waals surface area contributed by atoms with Gasteiger partial charge in [-0.15, -0.1) is 0 Å². The summed E-state index contributed by atoms with van der Waals surface area (Å²) in [5.41, 5.74) is 5.01. The highest BCUT2D eigenvalue weighted by atomic mass is 19.1. The van der Waals surface area contributed by atoms with Crippen molar-refractivity contribution in [3.05, 3.63) is 94.6 Å². The summed E-state index contributed by atoms with van der Waals surface area (Å²) in [6.07, 6.45) is 6.46. The van der Waals surface area contributed by atoms with E-state index in [9.17, 15) is 14.0 Å². The molecule has 1 aliphatic carbocycles. The van der Waals surface area contributed by atoms with Crippen molar-refractivity contribution in [2.24, 2.45) is 11.8 Å². The Bertz CT molecular complexity index is 1130. The highest BCUT2D eigenvalue weighted by Gasteiger charge is 2.24. The van der Waals surface area contributed by atoms with Crippen molar-refractivity contribution in [1.82, 2.24) is 10.6 Å². The summed E-state index contributed by atoms with van der Waals surface area (Å²) in [5, 5.41) is 14.4. The number of carbonyl (C=O) groups excluding carboxylic acids is 1. The molecule has 1 amide bonds. The highest BCUT2D eigenvalue weighted by molar-refractivity contribution is 5.72. The fourth-order valence-corrected chi connectivity index (χ4v) is 4.12. The summed E-state index contributed by atoms with van der Waals surface area (Å²) in [5.74, 6) is -0.460. The molecule has 7 heteroatoms. The third-order valence-corrected chi connectivity index (χ3v) is 6.71. The molecule has 2 rings (SSSR count). The van der Waals surface area contributed by atoms with E-state index in [1.807, 2.05) is 32.9 Å². The van der Waals surface area contributed by atoms with Crippen molar-refractivity contribution in [2.45, 2.75) is 73.3 Å². The molecule has 3 atom stereocenters. The summed E-state index contributed by atoms with van der Waals surface area (Å²) < 4.78 is 19.3. The minimum atomic E-state index is -0.746. The normalized spacial score (nSPS) is 18.1. The van der Waals surface area contributed by atoms with Crippen molar-refractivity contribution in [1.29, 1.82) is 0 Å². The Balaban J connectivity index is 0.000000633. The van der Waals surface area contributed by atoms with Crippen LogP contribution >= 0.6 is 0 Å². The number of nitrogens with one attached hydrogen (secondary N) is 2. The molecule has 214 valence electrons. The van der Waals surface area contributed by atoms with E-state index in [1.54, 1.807) is 39.1 Å². The van der Waals surface area contributed by atoms with Gasteiger partial charge in [0, 0.05) is 12.6 Å². The molecule has 1 aliphatic rings. The molecule has 1 saturated carbocycles. The Morgan fingerprint density at radius 2 is 1.74 bits per heavy atom. The zero-order valence-corrected chi connectivity index (χ0v) is 24.5. The van der Waals surface area contributed by atoms with Crippen LogP contribution in [0, 0.1) is 17.7 Å². The van der Waals surface area contributed by atoms with Gasteiger partial charge in [-0.2, -0.15) is 0 Å². The van der Waals surface area contributed by atoms with Gasteiger partial charge in [0.15, 0.2) is 0 Å². The van der Waals surface area contributed by atoms with Crippen LogP contribution in [-0.4, -0.2) is 24.2 Å². The first kappa shape index (κ1) is 33.4. The Morgan fingerprint density at radius 3 is 2.23 bits per heavy atom. The summed E-state index contributed by atoms with van der Waals surface area (Å²) in [7, 11) is 1.74. The number of carbonyl (C=O) groups is 2. The lowest BCUT2D eigenvalue weighted by Crippen LogP contribution is -2.29. The molecule has 0 heterocycles. The van der Waals surface area contributed by atoms with Crippen LogP contribution in [-0.2, 0) is 9.53 Å². The number of allylic oxidation sites excluding steroid dienone is 5. The van der Waals surface area contributed by atoms with E-state index in [1.165, 1.54) is 18.1 Å². The number of amides is 1. The van der Waals surface area contributed by atoms with Gasteiger partial charge in [-0.25, -0.2) is 9.18 Å². The number of hydrogen-bond donors (Lipinski definition) is 3. The number of halogens is 1. The molecule has 0 spiro atoms. The van der Waals surface area contributed by atoms with Crippen molar-refractivity contribution in [3.63, 3.8) is 0 Å². The standard InChI is InChI=1S/C24H31FN2O2.C8H14O2/c1-15(2)17(5)13-14-18(6)23(26-8)22(16(3)4)27-24(28)29-19(7)20-11-9-10-12-21(20)25;1-6-3-2-4-7(5-6)8(9)10/h9-14,19,26H,3,6H2,1-2,4-5,7-8H3,(H,27,28);6-7H,2-5H2,1H3,(H,9,10)/b14-13-,23-22+;/t;6-,7?/m.0/s1. The van der Waals surface area contributed by atoms with E-state index in [4.69, 9.17) is 9.84 Å². The molecule has 3 N–H and O–H groups in total. The third kappa shape index (κ3) is 11.3. The molecule has 2 unspecified atom stereocenters. The first-order valence-corrected chi connectivity index (χ1v) is 13.3. The van der Waals surface area contributed by atoms with Gasteiger partial charge in [-0.1, -0.05) is 74.4 Å². The maximum absolute atomic E-state index is 13.9. The Labute approximate surface area is 233 Å². The Kier molecular flexibility index (Phi) is 14.0. The van der Waals surface area contributed by atoms with Crippen molar-refractivity contribution in [2.75, 3.05) is 7.05 Å². The van der Waals surface area contributed by atoms with E-state index in [2.05, 4.69) is 30.7 Å². The molecule has 0 saturated heterocycles. The number of carboxylic acids is 1. The second-order valence-electron chi connectivity index (χ2n) is 10.3. The maximum Gasteiger partial charge on any atom is 0.412 e. The number of carboxylic acid groups (broad SMARTS) is 1. The van der Waals surface area contributed by atoms with Crippen LogP contribution in [0.3, 0.4) is 0 Å². The second-order valence-corrected chi connectivity index (χ2v) is 10.3. The van der Waals surface area contributed by atoms with E-state index < -0.39 is 24.0 Å². The van der Waals surface area contributed by atoms with Gasteiger partial charge >= 0.3 is 12.1 Å². The van der Waals surface area contributed by atoms with E-state index in [-0.39, 0.29) is 5.92 Å². The molecule has 1 fully saturated rings. The largest absolute Gasteiger partial charge is 0.481 e. The van der Waals surface area contributed by atoms with Crippen LogP contribution in [0.15, 0.2) is 83.3 Å². The predicted octanol–water partition coefficient (Wildman–Crippen LogP) is 7.99. The van der Waals surface area contributed by atoms with Gasteiger partial charge in [0.2, 0.25) is 0 Å². The monoisotopic (exact) mass is 540 g/mol. The Hall–Kier alpha value is -3.61. The SMILES string of the molecule is C=C(C)/C(NC(=O)OC(C)c1ccccc1F)=C(\NC)C(=C)/C=C\C(C)=C(C)C.C[C@H]1CCCC(C(=O)O)C1. The molecular formula is C32H45FN2O4. The zero-order chi connectivity index (χ0) is 29.7. The summed E-state index contributed by atoms with van der Waals surface area (Å²) >= 11 is 0. The molecule has 0 radical (unpaired) electrons. The molecule has 0 aliphatic heterocycles. The van der Waals surface area contributed by atoms with E-state index >= 15 is 0 Å². The van der Waals surface area contributed by atoms with Crippen LogP contribution in [0.4, 0.5) is 9.18 Å². The lowest BCUT2D eigenvalue weighted by atomic mass is 9.83. The van der Waals surface area contributed by atoms with E-state index in [0.29, 0.717) is 34.0 Å². The average molecular weight is 541 g/mol. The van der Waals surface area contributed by atoms with Gasteiger partial charge in [0.05, 0.1) is 17.3 Å². The smallest absolute Gasteiger partial charge is 0.412 e. The topological polar surface area (TPSA) is 87.7 Å². The molecular weight excluding hydrogens is 495 g/mol. The van der Waals surface area contributed by atoms with Crippen LogP contribution < -0.4 is 10.6 Å². The lowest BCUT2D eigenvalue weighted by molar-refractivity contribution is -0.143. The summed E-state index contributed by atoms with van der Waals surface area (Å²) in [6.45, 7) is 19.6. The van der Waals surface area contributed by atoms with E-state index in [0.717, 1.165) is 24.8 Å². The summed E-state index contributed by atoms with van der Waals surface area (Å²) in [6, 6.07) is 6.19. The first-order valence-electron chi connectivity index (χ1n) is 13.3. The molecule has 1 aromatic carbocycles. The first-order chi connectivity index (χ1) is 18.3. The zero-order valence-electron chi connectivity index (χ0n) is 24.5. The number of ether oxygens (including phenoxy) is 1. The minimum absolute atomic E-state index is 0.0521. The number of benzene rings is 1. The second kappa shape index (κ2) is 16.4. The average Bonchev–Trinajstić information content (AvgIpc) is 2.87.